The first-order chi connectivity index (χ1) is 6.90. The Morgan fingerprint density at radius 3 is 2.53 bits per heavy atom. The highest BCUT2D eigenvalue weighted by molar-refractivity contribution is 5.46. The van der Waals surface area contributed by atoms with Crippen molar-refractivity contribution in [1.82, 2.24) is 0 Å². The lowest BCUT2D eigenvalue weighted by Crippen LogP contribution is -2.12. The molecule has 82 valence electrons. The molecule has 0 heterocycles. The van der Waals surface area contributed by atoms with Crippen LogP contribution in [0.25, 0.3) is 0 Å². The van der Waals surface area contributed by atoms with Gasteiger partial charge in [0.05, 0.1) is 0 Å². The minimum Gasteiger partial charge on any atom is -0.507 e. The third kappa shape index (κ3) is 2.20. The van der Waals surface area contributed by atoms with E-state index in [9.17, 15) is 9.50 Å². The summed E-state index contributed by atoms with van der Waals surface area (Å²) in [4.78, 5) is 0. The Bertz CT molecular complexity index is 367. The maximum absolute atomic E-state index is 14.0. The number of hydrogen-bond donors (Lipinski definition) is 1. The van der Waals surface area contributed by atoms with Gasteiger partial charge in [0.2, 0.25) is 0 Å². The van der Waals surface area contributed by atoms with Gasteiger partial charge in [0.15, 0.2) is 5.67 Å². The Labute approximate surface area is 90.3 Å². The van der Waals surface area contributed by atoms with Gasteiger partial charge in [-0.1, -0.05) is 44.7 Å². The number of rotatable bonds is 3. The van der Waals surface area contributed by atoms with E-state index in [0.29, 0.717) is 0 Å². The van der Waals surface area contributed by atoms with Crippen LogP contribution in [0.5, 0.6) is 5.75 Å². The second-order valence-electron chi connectivity index (χ2n) is 4.18. The normalized spacial score (nSPS) is 15.0. The van der Waals surface area contributed by atoms with E-state index >= 15 is 0 Å². The molecule has 1 N–H and O–H groups in total. The zero-order valence-electron chi connectivity index (χ0n) is 9.42. The van der Waals surface area contributed by atoms with Gasteiger partial charge in [-0.2, -0.15) is 0 Å². The van der Waals surface area contributed by atoms with E-state index < -0.39 is 5.67 Å². The lowest BCUT2D eigenvalue weighted by atomic mass is 9.91. The molecule has 0 saturated carbocycles. The molecule has 0 aliphatic carbocycles. The largest absolute Gasteiger partial charge is 0.507 e. The fourth-order valence-electron chi connectivity index (χ4n) is 1.53. The van der Waals surface area contributed by atoms with Gasteiger partial charge in [0, 0.05) is 5.56 Å². The van der Waals surface area contributed by atoms with E-state index in [4.69, 9.17) is 0 Å². The van der Waals surface area contributed by atoms with E-state index in [1.807, 2.05) is 19.9 Å². The van der Waals surface area contributed by atoms with Crippen molar-refractivity contribution in [3.8, 4) is 5.75 Å². The lowest BCUT2D eigenvalue weighted by molar-refractivity contribution is 0.255. The number of phenolic OH excluding ortho intramolecular Hbond substituents is 1. The zero-order valence-corrected chi connectivity index (χ0v) is 9.42. The lowest BCUT2D eigenvalue weighted by Gasteiger charge is -2.20. The van der Waals surface area contributed by atoms with Crippen LogP contribution in [0.2, 0.25) is 0 Å². The van der Waals surface area contributed by atoms with Crippen LogP contribution in [0.15, 0.2) is 30.9 Å². The number of alkyl halides is 1. The van der Waals surface area contributed by atoms with Gasteiger partial charge in [0.25, 0.3) is 0 Å². The van der Waals surface area contributed by atoms with Crippen molar-refractivity contribution >= 4 is 0 Å². The highest BCUT2D eigenvalue weighted by Gasteiger charge is 2.26. The van der Waals surface area contributed by atoms with E-state index in [1.54, 1.807) is 12.1 Å². The first-order valence-corrected chi connectivity index (χ1v) is 5.05. The monoisotopic (exact) mass is 208 g/mol. The number of para-hydroxylation sites is 1. The summed E-state index contributed by atoms with van der Waals surface area (Å²) in [5, 5.41) is 9.94. The van der Waals surface area contributed by atoms with E-state index in [-0.39, 0.29) is 17.2 Å². The third-order valence-electron chi connectivity index (χ3n) is 2.60. The Kier molecular flexibility index (Phi) is 3.18. The molecule has 0 radical (unpaired) electrons. The smallest absolute Gasteiger partial charge is 0.154 e. The zero-order chi connectivity index (χ0) is 11.6. The first-order valence-electron chi connectivity index (χ1n) is 5.05. The SMILES string of the molecule is C=CC(C)(F)c1cccc(C(C)C)c1O. The summed E-state index contributed by atoms with van der Waals surface area (Å²) in [7, 11) is 0. The van der Waals surface area contributed by atoms with E-state index in [1.165, 1.54) is 13.0 Å². The molecule has 0 bridgehead atoms. The molecule has 2 heteroatoms. The second-order valence-corrected chi connectivity index (χ2v) is 4.18. The molecular formula is C13H17FO. The van der Waals surface area contributed by atoms with Gasteiger partial charge in [-0.15, -0.1) is 0 Å². The maximum Gasteiger partial charge on any atom is 0.154 e. The van der Waals surface area contributed by atoms with Crippen LogP contribution in [-0.4, -0.2) is 5.11 Å². The molecule has 1 aromatic carbocycles. The van der Waals surface area contributed by atoms with Crippen LogP contribution < -0.4 is 0 Å². The summed E-state index contributed by atoms with van der Waals surface area (Å²) in [5.41, 5.74) is -0.642. The average Bonchev–Trinajstić information content (AvgIpc) is 2.17. The molecule has 1 aromatic rings. The number of phenols is 1. The van der Waals surface area contributed by atoms with E-state index in [0.717, 1.165) is 5.56 Å². The molecule has 1 nitrogen and oxygen atoms in total. The maximum atomic E-state index is 14.0. The number of hydrogen-bond acceptors (Lipinski definition) is 1. The molecular weight excluding hydrogens is 191 g/mol. The molecule has 0 aromatic heterocycles. The van der Waals surface area contributed by atoms with Crippen molar-refractivity contribution in [2.24, 2.45) is 0 Å². The van der Waals surface area contributed by atoms with Crippen LogP contribution >= 0.6 is 0 Å². The average molecular weight is 208 g/mol. The standard InChI is InChI=1S/C13H17FO/c1-5-13(4,14)11-8-6-7-10(9(2)3)12(11)15/h5-9,15H,1H2,2-4H3. The summed E-state index contributed by atoms with van der Waals surface area (Å²) in [6, 6.07) is 5.15. The molecule has 0 spiro atoms. The van der Waals surface area contributed by atoms with Gasteiger partial charge in [-0.05, 0) is 18.4 Å². The number of allylic oxidation sites excluding steroid dienone is 1. The Hall–Kier alpha value is -1.31. The van der Waals surface area contributed by atoms with Crippen LogP contribution in [0, 0.1) is 0 Å². The third-order valence-corrected chi connectivity index (χ3v) is 2.60. The molecule has 0 amide bonds. The molecule has 0 aliphatic rings. The van der Waals surface area contributed by atoms with Crippen LogP contribution in [0.1, 0.15) is 37.8 Å². The second kappa shape index (κ2) is 4.05. The first kappa shape index (κ1) is 11.8. The fourth-order valence-corrected chi connectivity index (χ4v) is 1.53. The highest BCUT2D eigenvalue weighted by Crippen LogP contribution is 2.37. The number of halogens is 1. The van der Waals surface area contributed by atoms with Crippen LogP contribution in [-0.2, 0) is 5.67 Å². The minimum absolute atomic E-state index is 0.0393. The fraction of sp³-hybridized carbons (Fsp3) is 0.385. The topological polar surface area (TPSA) is 20.2 Å². The van der Waals surface area contributed by atoms with E-state index in [2.05, 4.69) is 6.58 Å². The van der Waals surface area contributed by atoms with Crippen molar-refractivity contribution < 1.29 is 9.50 Å². The van der Waals surface area contributed by atoms with Crippen LogP contribution in [0.3, 0.4) is 0 Å². The van der Waals surface area contributed by atoms with Crippen molar-refractivity contribution in [2.75, 3.05) is 0 Å². The van der Waals surface area contributed by atoms with Gasteiger partial charge in [0.1, 0.15) is 5.75 Å². The minimum atomic E-state index is -1.69. The Balaban J connectivity index is 3.33. The molecule has 1 atom stereocenters. The Morgan fingerprint density at radius 1 is 1.47 bits per heavy atom. The quantitative estimate of drug-likeness (QED) is 0.747. The molecule has 1 unspecified atom stereocenters. The number of aromatic hydroxyl groups is 1. The molecule has 0 saturated heterocycles. The summed E-state index contributed by atoms with van der Waals surface area (Å²) in [6.45, 7) is 8.75. The van der Waals surface area contributed by atoms with Crippen molar-refractivity contribution in [3.63, 3.8) is 0 Å². The summed E-state index contributed by atoms with van der Waals surface area (Å²) in [5.74, 6) is 0.211. The molecule has 0 aliphatic heterocycles. The van der Waals surface area contributed by atoms with Gasteiger partial charge in [-0.25, -0.2) is 4.39 Å². The van der Waals surface area contributed by atoms with Gasteiger partial charge in [-0.3, -0.25) is 0 Å². The Morgan fingerprint density at radius 2 is 2.07 bits per heavy atom. The van der Waals surface area contributed by atoms with Gasteiger partial charge >= 0.3 is 0 Å². The molecule has 15 heavy (non-hydrogen) atoms. The van der Waals surface area contributed by atoms with Crippen molar-refractivity contribution in [2.45, 2.75) is 32.4 Å². The summed E-state index contributed by atoms with van der Waals surface area (Å²) in [6.07, 6.45) is 1.20. The molecule has 0 fully saturated rings. The number of benzene rings is 1. The van der Waals surface area contributed by atoms with Crippen molar-refractivity contribution in [1.29, 1.82) is 0 Å². The highest BCUT2D eigenvalue weighted by atomic mass is 19.1. The predicted molar refractivity (Wildman–Crippen MR) is 60.9 cm³/mol. The predicted octanol–water partition coefficient (Wildman–Crippen LogP) is 3.89. The van der Waals surface area contributed by atoms with Gasteiger partial charge < -0.3 is 5.11 Å². The molecule has 1 rings (SSSR count). The summed E-state index contributed by atoms with van der Waals surface area (Å²) >= 11 is 0. The van der Waals surface area contributed by atoms with Crippen LogP contribution in [0.4, 0.5) is 4.39 Å². The summed E-state index contributed by atoms with van der Waals surface area (Å²) < 4.78 is 14.0. The van der Waals surface area contributed by atoms with Crippen molar-refractivity contribution in [3.05, 3.63) is 42.0 Å².